The number of benzene rings is 1. The Morgan fingerprint density at radius 2 is 2.00 bits per heavy atom. The molecule has 25 heavy (non-hydrogen) atoms. The number of rotatable bonds is 1. The number of fused-ring (bicyclic) bond motifs is 2. The number of piperazine rings is 1. The molecule has 0 bridgehead atoms. The lowest BCUT2D eigenvalue weighted by Crippen LogP contribution is -2.59. The van der Waals surface area contributed by atoms with Gasteiger partial charge in [-0.3, -0.25) is 14.4 Å². The standard InChI is InChI=1S/C18H22ClN3O3/c1-18(2,3)9-15(23)21-6-7-22-14(10-21)16(24)20-13-8-11(19)4-5-12(13)17(22)25/h4-5,8,14H,6-7,9-10H2,1-3H3,(H,20,24)/t14-/m1/s1. The second-order valence-corrected chi connectivity index (χ2v) is 8.21. The Bertz CT molecular complexity index is 742. The maximum atomic E-state index is 12.8. The molecule has 0 aromatic heterocycles. The highest BCUT2D eigenvalue weighted by Crippen LogP contribution is 2.28. The maximum absolute atomic E-state index is 12.8. The highest BCUT2D eigenvalue weighted by molar-refractivity contribution is 6.31. The van der Waals surface area contributed by atoms with Crippen molar-refractivity contribution >= 4 is 35.0 Å². The lowest BCUT2D eigenvalue weighted by Gasteiger charge is -2.40. The summed E-state index contributed by atoms with van der Waals surface area (Å²) >= 11 is 5.98. The summed E-state index contributed by atoms with van der Waals surface area (Å²) in [4.78, 5) is 41.2. The van der Waals surface area contributed by atoms with Crippen LogP contribution in [0.5, 0.6) is 0 Å². The van der Waals surface area contributed by atoms with Crippen LogP contribution in [0, 0.1) is 5.41 Å². The van der Waals surface area contributed by atoms with E-state index in [1.165, 1.54) is 0 Å². The molecule has 0 aliphatic carbocycles. The second kappa shape index (κ2) is 6.33. The van der Waals surface area contributed by atoms with E-state index in [0.29, 0.717) is 35.8 Å². The number of nitrogens with one attached hydrogen (secondary N) is 1. The van der Waals surface area contributed by atoms with Crippen molar-refractivity contribution < 1.29 is 14.4 Å². The number of amides is 3. The first-order chi connectivity index (χ1) is 11.7. The molecule has 1 saturated heterocycles. The number of hydrogen-bond donors (Lipinski definition) is 1. The molecule has 1 atom stereocenters. The molecule has 0 unspecified atom stereocenters. The van der Waals surface area contributed by atoms with Gasteiger partial charge in [0.25, 0.3) is 5.91 Å². The second-order valence-electron chi connectivity index (χ2n) is 7.77. The van der Waals surface area contributed by atoms with Gasteiger partial charge in [-0.05, 0) is 23.6 Å². The first kappa shape index (κ1) is 17.7. The van der Waals surface area contributed by atoms with Gasteiger partial charge in [0.1, 0.15) is 6.04 Å². The Labute approximate surface area is 152 Å². The van der Waals surface area contributed by atoms with Crippen molar-refractivity contribution in [2.45, 2.75) is 33.2 Å². The zero-order valence-electron chi connectivity index (χ0n) is 14.6. The third kappa shape index (κ3) is 3.63. The summed E-state index contributed by atoms with van der Waals surface area (Å²) in [7, 11) is 0. The summed E-state index contributed by atoms with van der Waals surface area (Å²) in [6, 6.07) is 4.15. The molecule has 2 heterocycles. The van der Waals surface area contributed by atoms with Crippen LogP contribution in [0.3, 0.4) is 0 Å². The van der Waals surface area contributed by atoms with Crippen LogP contribution >= 0.6 is 11.6 Å². The lowest BCUT2D eigenvalue weighted by atomic mass is 9.91. The van der Waals surface area contributed by atoms with E-state index in [4.69, 9.17) is 11.6 Å². The molecule has 134 valence electrons. The number of carbonyl (C=O) groups is 3. The fourth-order valence-corrected chi connectivity index (χ4v) is 3.39. The molecule has 1 N–H and O–H groups in total. The van der Waals surface area contributed by atoms with Gasteiger partial charge >= 0.3 is 0 Å². The van der Waals surface area contributed by atoms with E-state index < -0.39 is 6.04 Å². The predicted octanol–water partition coefficient (Wildman–Crippen LogP) is 2.38. The SMILES string of the molecule is CC(C)(C)CC(=O)N1CCN2C(=O)c3ccc(Cl)cc3NC(=O)[C@H]2C1. The monoisotopic (exact) mass is 363 g/mol. The molecular formula is C18H22ClN3O3. The minimum Gasteiger partial charge on any atom is -0.338 e. The van der Waals surface area contributed by atoms with Crippen LogP contribution in [0.4, 0.5) is 5.69 Å². The molecule has 1 fully saturated rings. The molecule has 0 radical (unpaired) electrons. The normalized spacial score (nSPS) is 20.6. The van der Waals surface area contributed by atoms with E-state index in [2.05, 4.69) is 5.32 Å². The number of halogens is 1. The van der Waals surface area contributed by atoms with Crippen LogP contribution < -0.4 is 5.32 Å². The van der Waals surface area contributed by atoms with Crippen molar-refractivity contribution in [2.24, 2.45) is 5.41 Å². The fraction of sp³-hybridized carbons (Fsp3) is 0.500. The third-order valence-corrected chi connectivity index (χ3v) is 4.68. The summed E-state index contributed by atoms with van der Waals surface area (Å²) in [6.07, 6.45) is 0.408. The average molecular weight is 364 g/mol. The molecule has 7 heteroatoms. The van der Waals surface area contributed by atoms with Gasteiger partial charge < -0.3 is 15.1 Å². The molecule has 6 nitrogen and oxygen atoms in total. The van der Waals surface area contributed by atoms with Gasteiger partial charge in [0.2, 0.25) is 11.8 Å². The summed E-state index contributed by atoms with van der Waals surface area (Å²) in [5.74, 6) is -0.488. The molecule has 1 aromatic rings. The lowest BCUT2D eigenvalue weighted by molar-refractivity contribution is -0.137. The van der Waals surface area contributed by atoms with Crippen LogP contribution in [0.1, 0.15) is 37.6 Å². The van der Waals surface area contributed by atoms with Gasteiger partial charge in [-0.25, -0.2) is 0 Å². The van der Waals surface area contributed by atoms with Gasteiger partial charge in [0.05, 0.1) is 17.8 Å². The number of carbonyl (C=O) groups excluding carboxylic acids is 3. The van der Waals surface area contributed by atoms with Crippen LogP contribution in [0.2, 0.25) is 5.02 Å². The Hall–Kier alpha value is -2.08. The zero-order chi connectivity index (χ0) is 18.4. The Morgan fingerprint density at radius 3 is 2.68 bits per heavy atom. The van der Waals surface area contributed by atoms with Gasteiger partial charge in [-0.15, -0.1) is 0 Å². The van der Waals surface area contributed by atoms with E-state index in [1.54, 1.807) is 28.0 Å². The summed E-state index contributed by atoms with van der Waals surface area (Å²) in [6.45, 7) is 7.01. The summed E-state index contributed by atoms with van der Waals surface area (Å²) in [5.41, 5.74) is 0.724. The first-order valence-electron chi connectivity index (χ1n) is 8.35. The van der Waals surface area contributed by atoms with Crippen LogP contribution in [-0.2, 0) is 9.59 Å². The van der Waals surface area contributed by atoms with E-state index >= 15 is 0 Å². The topological polar surface area (TPSA) is 69.7 Å². The van der Waals surface area contributed by atoms with E-state index in [9.17, 15) is 14.4 Å². The third-order valence-electron chi connectivity index (χ3n) is 4.45. The number of hydrogen-bond acceptors (Lipinski definition) is 3. The van der Waals surface area contributed by atoms with Gasteiger partial charge in [0, 0.05) is 24.5 Å². The van der Waals surface area contributed by atoms with Gasteiger partial charge in [-0.1, -0.05) is 32.4 Å². The largest absolute Gasteiger partial charge is 0.338 e. The fourth-order valence-electron chi connectivity index (χ4n) is 3.22. The zero-order valence-corrected chi connectivity index (χ0v) is 15.4. The van der Waals surface area contributed by atoms with Crippen molar-refractivity contribution in [3.05, 3.63) is 28.8 Å². The van der Waals surface area contributed by atoms with E-state index in [0.717, 1.165) is 0 Å². The van der Waals surface area contributed by atoms with Crippen molar-refractivity contribution in [3.63, 3.8) is 0 Å². The van der Waals surface area contributed by atoms with Crippen molar-refractivity contribution in [3.8, 4) is 0 Å². The number of anilines is 1. The van der Waals surface area contributed by atoms with Crippen LogP contribution in [0.25, 0.3) is 0 Å². The molecule has 2 aliphatic heterocycles. The molecule has 1 aromatic carbocycles. The molecule has 0 saturated carbocycles. The Balaban J connectivity index is 1.83. The average Bonchev–Trinajstić information content (AvgIpc) is 2.61. The Morgan fingerprint density at radius 1 is 1.28 bits per heavy atom. The van der Waals surface area contributed by atoms with Gasteiger partial charge in [0.15, 0.2) is 0 Å². The molecule has 3 rings (SSSR count). The number of nitrogens with zero attached hydrogens (tertiary/aromatic N) is 2. The molecule has 0 spiro atoms. The van der Waals surface area contributed by atoms with Crippen molar-refractivity contribution in [1.29, 1.82) is 0 Å². The van der Waals surface area contributed by atoms with E-state index in [1.807, 2.05) is 20.8 Å². The highest BCUT2D eigenvalue weighted by Gasteiger charge is 2.40. The minimum atomic E-state index is -0.684. The summed E-state index contributed by atoms with van der Waals surface area (Å²) < 4.78 is 0. The van der Waals surface area contributed by atoms with Gasteiger partial charge in [-0.2, -0.15) is 0 Å². The predicted molar refractivity (Wildman–Crippen MR) is 95.6 cm³/mol. The minimum absolute atomic E-state index is 0.0113. The van der Waals surface area contributed by atoms with Crippen molar-refractivity contribution in [2.75, 3.05) is 25.0 Å². The first-order valence-corrected chi connectivity index (χ1v) is 8.73. The maximum Gasteiger partial charge on any atom is 0.256 e. The Kier molecular flexibility index (Phi) is 4.49. The quantitative estimate of drug-likeness (QED) is 0.832. The van der Waals surface area contributed by atoms with Crippen molar-refractivity contribution in [1.82, 2.24) is 9.80 Å². The molecular weight excluding hydrogens is 342 g/mol. The van der Waals surface area contributed by atoms with Crippen LogP contribution in [0.15, 0.2) is 18.2 Å². The highest BCUT2D eigenvalue weighted by atomic mass is 35.5. The van der Waals surface area contributed by atoms with E-state index in [-0.39, 0.29) is 29.7 Å². The summed E-state index contributed by atoms with van der Waals surface area (Å²) in [5, 5.41) is 3.23. The molecule has 3 amide bonds. The smallest absolute Gasteiger partial charge is 0.256 e. The molecule has 2 aliphatic rings. The van der Waals surface area contributed by atoms with Crippen LogP contribution in [-0.4, -0.2) is 53.2 Å².